The van der Waals surface area contributed by atoms with Crippen LogP contribution in [0.5, 0.6) is 11.5 Å². The van der Waals surface area contributed by atoms with Gasteiger partial charge >= 0.3 is 5.97 Å². The highest BCUT2D eigenvalue weighted by Crippen LogP contribution is 2.46. The molecule has 6 aromatic rings. The van der Waals surface area contributed by atoms with Crippen molar-refractivity contribution in [1.82, 2.24) is 13.3 Å². The Morgan fingerprint density at radius 1 is 0.971 bits per heavy atom. The first-order chi connectivity index (χ1) is 17.2. The van der Waals surface area contributed by atoms with E-state index in [-0.39, 0.29) is 5.69 Å². The monoisotopic (exact) mass is 499 g/mol. The van der Waals surface area contributed by atoms with Gasteiger partial charge in [0.25, 0.3) is 0 Å². The molecule has 0 aliphatic carbocycles. The summed E-state index contributed by atoms with van der Waals surface area (Å²) in [5.41, 5.74) is 5.29. The maximum atomic E-state index is 12.8. The van der Waals surface area contributed by atoms with E-state index < -0.39 is 5.97 Å². The third kappa shape index (κ3) is 3.19. The van der Waals surface area contributed by atoms with Crippen molar-refractivity contribution < 1.29 is 19.4 Å². The van der Waals surface area contributed by atoms with Gasteiger partial charge in [-0.1, -0.05) is 30.3 Å². The summed E-state index contributed by atoms with van der Waals surface area (Å²) in [5.74, 6) is 0.335. The fraction of sp³-hybridized carbons (Fsp3) is 0.115. The molecule has 0 spiro atoms. The predicted molar refractivity (Wildman–Crippen MR) is 137 cm³/mol. The minimum absolute atomic E-state index is 0.255. The standard InChI is InChI=1S/C26H17N3O4S2/c30-26(31)24-22(15-6-8-19-20(12-15)33-10-9-32-19)25-23(16-3-1-2-4-21(16)34-25)29(24)13-14-5-7-17-18(11-14)28-35-27-17/h1-8,11-12H,9-10,13H2,(H,30,31). The molecule has 1 N–H and O–H groups in total. The smallest absolute Gasteiger partial charge is 0.353 e. The van der Waals surface area contributed by atoms with E-state index in [1.807, 2.05) is 53.1 Å². The van der Waals surface area contributed by atoms with Crippen molar-refractivity contribution in [3.63, 3.8) is 0 Å². The third-order valence-electron chi connectivity index (χ3n) is 6.27. The summed E-state index contributed by atoms with van der Waals surface area (Å²) in [5, 5.41) is 11.5. The Bertz CT molecular complexity index is 1780. The Balaban J connectivity index is 1.51. The minimum Gasteiger partial charge on any atom is -0.486 e. The molecule has 4 heterocycles. The molecule has 0 radical (unpaired) electrons. The van der Waals surface area contributed by atoms with Crippen LogP contribution in [0.4, 0.5) is 0 Å². The van der Waals surface area contributed by atoms with Crippen LogP contribution in [0.2, 0.25) is 0 Å². The van der Waals surface area contributed by atoms with Crippen LogP contribution >= 0.6 is 23.1 Å². The summed E-state index contributed by atoms with van der Waals surface area (Å²) in [4.78, 5) is 12.8. The van der Waals surface area contributed by atoms with Crippen LogP contribution in [0, 0.1) is 0 Å². The minimum atomic E-state index is -0.973. The number of carbonyl (C=O) groups is 1. The number of hydrogen-bond donors (Lipinski definition) is 1. The van der Waals surface area contributed by atoms with Crippen LogP contribution in [0.25, 0.3) is 42.5 Å². The summed E-state index contributed by atoms with van der Waals surface area (Å²) in [7, 11) is 0. The maximum absolute atomic E-state index is 12.8. The quantitative estimate of drug-likeness (QED) is 0.318. The first kappa shape index (κ1) is 20.4. The predicted octanol–water partition coefficient (Wildman–Crippen LogP) is 6.05. The van der Waals surface area contributed by atoms with Crippen LogP contribution in [-0.2, 0) is 6.54 Å². The molecule has 9 heteroatoms. The average molecular weight is 500 g/mol. The molecule has 172 valence electrons. The lowest BCUT2D eigenvalue weighted by atomic mass is 10.0. The number of rotatable bonds is 4. The van der Waals surface area contributed by atoms with E-state index >= 15 is 0 Å². The lowest BCUT2D eigenvalue weighted by Gasteiger charge is -2.19. The van der Waals surface area contributed by atoms with E-state index in [4.69, 9.17) is 9.47 Å². The van der Waals surface area contributed by atoms with Gasteiger partial charge < -0.3 is 19.1 Å². The molecule has 0 saturated carbocycles. The van der Waals surface area contributed by atoms with Gasteiger partial charge in [-0.3, -0.25) is 0 Å². The van der Waals surface area contributed by atoms with Crippen LogP contribution in [0.3, 0.4) is 0 Å². The second-order valence-corrected chi connectivity index (χ2v) is 9.92. The number of aromatic carboxylic acids is 1. The normalized spacial score (nSPS) is 13.1. The molecule has 1 aliphatic rings. The van der Waals surface area contributed by atoms with Gasteiger partial charge in [-0.15, -0.1) is 11.3 Å². The molecule has 3 aromatic heterocycles. The average Bonchev–Trinajstić information content (AvgIpc) is 3.57. The van der Waals surface area contributed by atoms with Crippen molar-refractivity contribution in [3.05, 3.63) is 71.9 Å². The largest absolute Gasteiger partial charge is 0.486 e. The molecule has 0 atom stereocenters. The van der Waals surface area contributed by atoms with Gasteiger partial charge in [0.05, 0.1) is 21.9 Å². The maximum Gasteiger partial charge on any atom is 0.353 e. The van der Waals surface area contributed by atoms with E-state index in [1.54, 1.807) is 11.3 Å². The first-order valence-corrected chi connectivity index (χ1v) is 12.6. The lowest BCUT2D eigenvalue weighted by molar-refractivity contribution is 0.0687. The van der Waals surface area contributed by atoms with Crippen LogP contribution < -0.4 is 9.47 Å². The fourth-order valence-corrected chi connectivity index (χ4v) is 6.57. The number of thiophene rings is 1. The highest BCUT2D eigenvalue weighted by atomic mass is 32.1. The Labute approximate surface area is 207 Å². The van der Waals surface area contributed by atoms with Crippen LogP contribution in [0.1, 0.15) is 16.1 Å². The number of carboxylic acid groups (broad SMARTS) is 1. The zero-order chi connectivity index (χ0) is 23.5. The number of ether oxygens (including phenoxy) is 2. The van der Waals surface area contributed by atoms with Gasteiger partial charge in [-0.25, -0.2) is 4.79 Å². The number of benzene rings is 3. The molecule has 0 bridgehead atoms. The zero-order valence-electron chi connectivity index (χ0n) is 18.2. The number of aromatic nitrogens is 3. The molecular formula is C26H17N3O4S2. The molecule has 3 aromatic carbocycles. The molecular weight excluding hydrogens is 482 g/mol. The van der Waals surface area contributed by atoms with Gasteiger partial charge in [0.1, 0.15) is 29.9 Å². The molecule has 0 amide bonds. The first-order valence-electron chi connectivity index (χ1n) is 11.1. The number of fused-ring (bicyclic) bond motifs is 5. The molecule has 7 nitrogen and oxygen atoms in total. The molecule has 35 heavy (non-hydrogen) atoms. The topological polar surface area (TPSA) is 86.5 Å². The van der Waals surface area contributed by atoms with E-state index in [0.717, 1.165) is 42.5 Å². The van der Waals surface area contributed by atoms with Crippen molar-refractivity contribution >= 4 is 60.4 Å². The van der Waals surface area contributed by atoms with E-state index in [1.165, 1.54) is 11.7 Å². The Morgan fingerprint density at radius 2 is 1.80 bits per heavy atom. The summed E-state index contributed by atoms with van der Waals surface area (Å²) < 4.78 is 24.1. The third-order valence-corrected chi connectivity index (χ3v) is 8.00. The number of nitrogens with zero attached hydrogens (tertiary/aromatic N) is 3. The second-order valence-electron chi connectivity index (χ2n) is 8.34. The van der Waals surface area contributed by atoms with Crippen molar-refractivity contribution in [2.45, 2.75) is 6.54 Å². The van der Waals surface area contributed by atoms with Gasteiger partial charge in [0, 0.05) is 22.2 Å². The van der Waals surface area contributed by atoms with Crippen LogP contribution in [-0.4, -0.2) is 37.6 Å². The summed E-state index contributed by atoms with van der Waals surface area (Å²) in [6.07, 6.45) is 0. The molecule has 7 rings (SSSR count). The molecule has 1 aliphatic heterocycles. The zero-order valence-corrected chi connectivity index (χ0v) is 19.9. The van der Waals surface area contributed by atoms with E-state index in [0.29, 0.717) is 36.8 Å². The number of carboxylic acids is 1. The van der Waals surface area contributed by atoms with Gasteiger partial charge in [0.15, 0.2) is 11.5 Å². The van der Waals surface area contributed by atoms with Crippen molar-refractivity contribution in [2.24, 2.45) is 0 Å². The molecule has 0 unspecified atom stereocenters. The van der Waals surface area contributed by atoms with E-state index in [9.17, 15) is 9.90 Å². The van der Waals surface area contributed by atoms with Gasteiger partial charge in [0.2, 0.25) is 0 Å². The van der Waals surface area contributed by atoms with E-state index in [2.05, 4.69) is 20.9 Å². The lowest BCUT2D eigenvalue weighted by Crippen LogP contribution is -2.15. The summed E-state index contributed by atoms with van der Waals surface area (Å²) >= 11 is 2.78. The Kier molecular flexibility index (Phi) is 4.55. The highest BCUT2D eigenvalue weighted by molar-refractivity contribution is 7.26. The summed E-state index contributed by atoms with van der Waals surface area (Å²) in [6, 6.07) is 19.7. The Hall–Kier alpha value is -3.95. The van der Waals surface area contributed by atoms with Crippen molar-refractivity contribution in [2.75, 3.05) is 13.2 Å². The summed E-state index contributed by atoms with van der Waals surface area (Å²) in [6.45, 7) is 1.37. The second kappa shape index (κ2) is 7.79. The van der Waals surface area contributed by atoms with Gasteiger partial charge in [-0.05, 0) is 41.5 Å². The van der Waals surface area contributed by atoms with Crippen molar-refractivity contribution in [3.8, 4) is 22.6 Å². The Morgan fingerprint density at radius 3 is 2.69 bits per heavy atom. The SMILES string of the molecule is O=C(O)c1c(-c2ccc3c(c2)OCCO3)c2sc3ccccc3c2n1Cc1ccc2nsnc2c1. The van der Waals surface area contributed by atoms with Gasteiger partial charge in [-0.2, -0.15) is 8.75 Å². The van der Waals surface area contributed by atoms with Crippen molar-refractivity contribution in [1.29, 1.82) is 0 Å². The molecule has 0 saturated heterocycles. The highest BCUT2D eigenvalue weighted by Gasteiger charge is 2.28. The number of hydrogen-bond acceptors (Lipinski definition) is 7. The molecule has 0 fully saturated rings. The van der Waals surface area contributed by atoms with Crippen LogP contribution in [0.15, 0.2) is 60.7 Å². The fourth-order valence-electron chi connectivity index (χ4n) is 4.78.